The highest BCUT2D eigenvalue weighted by atomic mass is 15.4. The van der Waals surface area contributed by atoms with Gasteiger partial charge in [-0.2, -0.15) is 15.0 Å². The van der Waals surface area contributed by atoms with Crippen molar-refractivity contribution in [3.8, 4) is 0 Å². The molecule has 0 aromatic carbocycles. The SMILES string of the molecule is CCCN(C)c1nc(NCC)nc(N(CC)CC)n1. The molecule has 0 aliphatic carbocycles. The molecule has 0 spiro atoms. The van der Waals surface area contributed by atoms with Gasteiger partial charge >= 0.3 is 0 Å². The molecule has 1 aromatic heterocycles. The van der Waals surface area contributed by atoms with E-state index in [-0.39, 0.29) is 0 Å². The van der Waals surface area contributed by atoms with Gasteiger partial charge in [0, 0.05) is 33.2 Å². The second-order valence-electron chi connectivity index (χ2n) is 4.38. The lowest BCUT2D eigenvalue weighted by Crippen LogP contribution is -2.27. The third-order valence-electron chi connectivity index (χ3n) is 2.89. The van der Waals surface area contributed by atoms with Crippen LogP contribution in [0.15, 0.2) is 0 Å². The van der Waals surface area contributed by atoms with Gasteiger partial charge in [0.05, 0.1) is 0 Å². The van der Waals surface area contributed by atoms with E-state index in [0.717, 1.165) is 44.5 Å². The monoisotopic (exact) mass is 266 g/mol. The van der Waals surface area contributed by atoms with E-state index in [4.69, 9.17) is 0 Å². The molecular weight excluding hydrogens is 240 g/mol. The van der Waals surface area contributed by atoms with Gasteiger partial charge in [0.2, 0.25) is 17.8 Å². The smallest absolute Gasteiger partial charge is 0.231 e. The third-order valence-corrected chi connectivity index (χ3v) is 2.89. The number of rotatable bonds is 8. The molecule has 108 valence electrons. The molecule has 0 saturated carbocycles. The van der Waals surface area contributed by atoms with Crippen LogP contribution in [0.1, 0.15) is 34.1 Å². The van der Waals surface area contributed by atoms with Crippen molar-refractivity contribution in [2.45, 2.75) is 34.1 Å². The van der Waals surface area contributed by atoms with Crippen LogP contribution in [0.25, 0.3) is 0 Å². The van der Waals surface area contributed by atoms with Crippen LogP contribution in [0.5, 0.6) is 0 Å². The van der Waals surface area contributed by atoms with E-state index in [0.29, 0.717) is 5.95 Å². The summed E-state index contributed by atoms with van der Waals surface area (Å²) in [4.78, 5) is 17.7. The lowest BCUT2D eigenvalue weighted by Gasteiger charge is -2.22. The number of nitrogens with one attached hydrogen (secondary N) is 1. The Bertz CT molecular complexity index is 377. The highest BCUT2D eigenvalue weighted by Gasteiger charge is 2.13. The Kier molecular flexibility index (Phi) is 6.32. The average molecular weight is 266 g/mol. The summed E-state index contributed by atoms with van der Waals surface area (Å²) in [5.74, 6) is 2.13. The van der Waals surface area contributed by atoms with Crippen molar-refractivity contribution in [3.63, 3.8) is 0 Å². The Balaban J connectivity index is 3.09. The molecule has 0 fully saturated rings. The molecule has 1 heterocycles. The van der Waals surface area contributed by atoms with Crippen molar-refractivity contribution < 1.29 is 0 Å². The van der Waals surface area contributed by atoms with Crippen LogP contribution in [0.4, 0.5) is 17.8 Å². The Labute approximate surface area is 116 Å². The maximum absolute atomic E-state index is 4.57. The third kappa shape index (κ3) is 4.22. The molecule has 0 aliphatic rings. The number of anilines is 3. The fraction of sp³-hybridized carbons (Fsp3) is 0.769. The highest BCUT2D eigenvalue weighted by Crippen LogP contribution is 2.15. The van der Waals surface area contributed by atoms with Crippen molar-refractivity contribution in [2.24, 2.45) is 0 Å². The molecule has 1 N–H and O–H groups in total. The molecule has 6 heteroatoms. The molecule has 0 saturated heterocycles. The Morgan fingerprint density at radius 2 is 1.58 bits per heavy atom. The summed E-state index contributed by atoms with van der Waals surface area (Å²) in [5, 5.41) is 3.17. The van der Waals surface area contributed by atoms with Crippen molar-refractivity contribution >= 4 is 17.8 Å². The summed E-state index contributed by atoms with van der Waals surface area (Å²) in [5.41, 5.74) is 0. The van der Waals surface area contributed by atoms with E-state index >= 15 is 0 Å². The van der Waals surface area contributed by atoms with Gasteiger partial charge in [-0.1, -0.05) is 6.92 Å². The average Bonchev–Trinajstić information content (AvgIpc) is 2.40. The minimum Gasteiger partial charge on any atom is -0.354 e. The molecule has 6 nitrogen and oxygen atoms in total. The second-order valence-corrected chi connectivity index (χ2v) is 4.38. The largest absolute Gasteiger partial charge is 0.354 e. The summed E-state index contributed by atoms with van der Waals surface area (Å²) in [7, 11) is 2.01. The summed E-state index contributed by atoms with van der Waals surface area (Å²) in [6, 6.07) is 0. The molecule has 0 amide bonds. The maximum Gasteiger partial charge on any atom is 0.231 e. The Morgan fingerprint density at radius 1 is 0.947 bits per heavy atom. The first-order valence-corrected chi connectivity index (χ1v) is 7.12. The molecule has 0 radical (unpaired) electrons. The van der Waals surface area contributed by atoms with Crippen LogP contribution in [-0.4, -0.2) is 48.2 Å². The van der Waals surface area contributed by atoms with Crippen molar-refractivity contribution in [1.29, 1.82) is 0 Å². The number of aromatic nitrogens is 3. The van der Waals surface area contributed by atoms with Gasteiger partial charge in [-0.25, -0.2) is 0 Å². The van der Waals surface area contributed by atoms with Crippen LogP contribution >= 0.6 is 0 Å². The molecule has 0 bridgehead atoms. The fourth-order valence-corrected chi connectivity index (χ4v) is 1.85. The first-order valence-electron chi connectivity index (χ1n) is 7.12. The van der Waals surface area contributed by atoms with Crippen LogP contribution in [0, 0.1) is 0 Å². The Morgan fingerprint density at radius 3 is 2.11 bits per heavy atom. The van der Waals surface area contributed by atoms with Crippen molar-refractivity contribution in [3.05, 3.63) is 0 Å². The maximum atomic E-state index is 4.57. The highest BCUT2D eigenvalue weighted by molar-refractivity contribution is 5.44. The number of hydrogen-bond donors (Lipinski definition) is 1. The zero-order valence-corrected chi connectivity index (χ0v) is 12.8. The molecular formula is C13H26N6. The summed E-state index contributed by atoms with van der Waals surface area (Å²) < 4.78 is 0. The summed E-state index contributed by atoms with van der Waals surface area (Å²) >= 11 is 0. The zero-order valence-electron chi connectivity index (χ0n) is 12.8. The second kappa shape index (κ2) is 7.76. The van der Waals surface area contributed by atoms with Gasteiger partial charge in [0.1, 0.15) is 0 Å². The van der Waals surface area contributed by atoms with Crippen LogP contribution in [0.3, 0.4) is 0 Å². The first kappa shape index (κ1) is 15.5. The Hall–Kier alpha value is -1.59. The van der Waals surface area contributed by atoms with Crippen LogP contribution < -0.4 is 15.1 Å². The van der Waals surface area contributed by atoms with Gasteiger partial charge in [-0.05, 0) is 27.2 Å². The van der Waals surface area contributed by atoms with E-state index in [2.05, 4.69) is 50.8 Å². The lowest BCUT2D eigenvalue weighted by atomic mass is 10.4. The van der Waals surface area contributed by atoms with Gasteiger partial charge in [-0.15, -0.1) is 0 Å². The van der Waals surface area contributed by atoms with E-state index < -0.39 is 0 Å². The zero-order chi connectivity index (χ0) is 14.3. The van der Waals surface area contributed by atoms with Crippen molar-refractivity contribution in [2.75, 3.05) is 48.3 Å². The van der Waals surface area contributed by atoms with Crippen LogP contribution in [-0.2, 0) is 0 Å². The minimum absolute atomic E-state index is 0.650. The first-order chi connectivity index (χ1) is 9.15. The van der Waals surface area contributed by atoms with E-state index in [9.17, 15) is 0 Å². The molecule has 0 atom stereocenters. The predicted octanol–water partition coefficient (Wildman–Crippen LogP) is 2.00. The summed E-state index contributed by atoms with van der Waals surface area (Å²) in [6.45, 7) is 11.9. The topological polar surface area (TPSA) is 57.2 Å². The van der Waals surface area contributed by atoms with Crippen LogP contribution in [0.2, 0.25) is 0 Å². The van der Waals surface area contributed by atoms with Gasteiger partial charge in [0.25, 0.3) is 0 Å². The summed E-state index contributed by atoms with van der Waals surface area (Å²) in [6.07, 6.45) is 1.07. The predicted molar refractivity (Wildman–Crippen MR) is 81.1 cm³/mol. The molecule has 1 aromatic rings. The number of nitrogens with zero attached hydrogens (tertiary/aromatic N) is 5. The van der Waals surface area contributed by atoms with Crippen molar-refractivity contribution in [1.82, 2.24) is 15.0 Å². The van der Waals surface area contributed by atoms with Gasteiger partial charge in [0.15, 0.2) is 0 Å². The van der Waals surface area contributed by atoms with E-state index in [1.54, 1.807) is 0 Å². The quantitative estimate of drug-likeness (QED) is 0.776. The molecule has 0 aliphatic heterocycles. The van der Waals surface area contributed by atoms with Gasteiger partial charge in [-0.3, -0.25) is 0 Å². The lowest BCUT2D eigenvalue weighted by molar-refractivity contribution is 0.780. The van der Waals surface area contributed by atoms with Gasteiger partial charge < -0.3 is 15.1 Å². The normalized spacial score (nSPS) is 10.4. The molecule has 1 rings (SSSR count). The molecule has 0 unspecified atom stereocenters. The van der Waals surface area contributed by atoms with E-state index in [1.165, 1.54) is 0 Å². The minimum atomic E-state index is 0.650. The standard InChI is InChI=1S/C13H26N6/c1-6-10-18(5)12-15-11(14-7-2)16-13(17-12)19(8-3)9-4/h6-10H2,1-5H3,(H,14,15,16,17). The number of hydrogen-bond acceptors (Lipinski definition) is 6. The fourth-order valence-electron chi connectivity index (χ4n) is 1.85. The van der Waals surface area contributed by atoms with E-state index in [1.807, 2.05) is 14.0 Å². The molecule has 19 heavy (non-hydrogen) atoms.